The molecule has 1 atom stereocenters. The standard InChI is InChI=1S/C22H19ClO5/c1-26-20(24)22(21(25)27-2)14-18(22)17-7-3-4-8-19(17)28-13-5-6-15-9-11-16(23)12-10-15/h3-4,7-12,18H,13-14H2,1-2H3. The molecule has 0 aliphatic heterocycles. The summed E-state index contributed by atoms with van der Waals surface area (Å²) in [5.74, 6) is 4.97. The molecule has 5 nitrogen and oxygen atoms in total. The predicted octanol–water partition coefficient (Wildman–Crippen LogP) is 3.59. The maximum atomic E-state index is 12.2. The smallest absolute Gasteiger partial charge is 0.323 e. The van der Waals surface area contributed by atoms with Gasteiger partial charge in [0.1, 0.15) is 12.4 Å². The summed E-state index contributed by atoms with van der Waals surface area (Å²) in [5, 5.41) is 0.653. The predicted molar refractivity (Wildman–Crippen MR) is 104 cm³/mol. The summed E-state index contributed by atoms with van der Waals surface area (Å²) >= 11 is 5.86. The maximum absolute atomic E-state index is 12.2. The highest BCUT2D eigenvalue weighted by atomic mass is 35.5. The van der Waals surface area contributed by atoms with Gasteiger partial charge in [0.15, 0.2) is 5.41 Å². The molecule has 2 aromatic carbocycles. The largest absolute Gasteiger partial charge is 0.481 e. The number of carbonyl (C=O) groups excluding carboxylic acids is 2. The van der Waals surface area contributed by atoms with Crippen molar-refractivity contribution in [3.8, 4) is 17.6 Å². The highest BCUT2D eigenvalue weighted by Gasteiger charge is 2.69. The molecule has 0 heterocycles. The molecule has 3 rings (SSSR count). The molecule has 0 amide bonds. The molecular weight excluding hydrogens is 380 g/mol. The lowest BCUT2D eigenvalue weighted by Crippen LogP contribution is -2.30. The van der Waals surface area contributed by atoms with Crippen molar-refractivity contribution >= 4 is 23.5 Å². The van der Waals surface area contributed by atoms with Crippen LogP contribution in [0.2, 0.25) is 5.02 Å². The van der Waals surface area contributed by atoms with Crippen LogP contribution in [0.1, 0.15) is 23.5 Å². The number of ether oxygens (including phenoxy) is 3. The van der Waals surface area contributed by atoms with Crippen LogP contribution in [-0.2, 0) is 19.1 Å². The quantitative estimate of drug-likeness (QED) is 0.437. The normalized spacial score (nSPS) is 16.3. The number of para-hydroxylation sites is 1. The lowest BCUT2D eigenvalue weighted by Gasteiger charge is -2.14. The van der Waals surface area contributed by atoms with Crippen molar-refractivity contribution in [3.63, 3.8) is 0 Å². The average molecular weight is 399 g/mol. The number of benzene rings is 2. The van der Waals surface area contributed by atoms with E-state index in [1.807, 2.05) is 30.3 Å². The van der Waals surface area contributed by atoms with Gasteiger partial charge < -0.3 is 14.2 Å². The molecule has 1 unspecified atom stereocenters. The van der Waals surface area contributed by atoms with Gasteiger partial charge in [0.2, 0.25) is 0 Å². The fourth-order valence-corrected chi connectivity index (χ4v) is 3.35. The molecule has 0 N–H and O–H groups in total. The van der Waals surface area contributed by atoms with E-state index in [4.69, 9.17) is 25.8 Å². The lowest BCUT2D eigenvalue weighted by molar-refractivity contribution is -0.161. The molecule has 0 aromatic heterocycles. The molecule has 1 fully saturated rings. The minimum absolute atomic E-state index is 0.163. The van der Waals surface area contributed by atoms with Crippen LogP contribution >= 0.6 is 11.6 Å². The minimum atomic E-state index is -1.31. The van der Waals surface area contributed by atoms with Crippen molar-refractivity contribution in [1.29, 1.82) is 0 Å². The minimum Gasteiger partial charge on any atom is -0.481 e. The first kappa shape index (κ1) is 19.8. The molecule has 0 spiro atoms. The van der Waals surface area contributed by atoms with Crippen LogP contribution in [0.5, 0.6) is 5.75 Å². The van der Waals surface area contributed by atoms with Gasteiger partial charge in [-0.05, 0) is 42.3 Å². The zero-order valence-electron chi connectivity index (χ0n) is 15.5. The summed E-state index contributed by atoms with van der Waals surface area (Å²) in [7, 11) is 2.52. The van der Waals surface area contributed by atoms with Crippen LogP contribution < -0.4 is 4.74 Å². The third kappa shape index (κ3) is 3.83. The second kappa shape index (κ2) is 8.37. The highest BCUT2D eigenvalue weighted by molar-refractivity contribution is 6.30. The summed E-state index contributed by atoms with van der Waals surface area (Å²) in [6.45, 7) is 0.163. The molecule has 6 heteroatoms. The Morgan fingerprint density at radius 1 is 1.07 bits per heavy atom. The van der Waals surface area contributed by atoms with Crippen LogP contribution in [0.15, 0.2) is 48.5 Å². The number of halogens is 1. The molecule has 28 heavy (non-hydrogen) atoms. The van der Waals surface area contributed by atoms with Crippen molar-refractivity contribution in [2.45, 2.75) is 12.3 Å². The van der Waals surface area contributed by atoms with Gasteiger partial charge in [0, 0.05) is 16.5 Å². The number of carbonyl (C=O) groups is 2. The van der Waals surface area contributed by atoms with Gasteiger partial charge in [-0.1, -0.05) is 41.6 Å². The van der Waals surface area contributed by atoms with Gasteiger partial charge in [-0.3, -0.25) is 9.59 Å². The number of methoxy groups -OCH3 is 2. The fraction of sp³-hybridized carbons (Fsp3) is 0.273. The molecule has 2 aromatic rings. The summed E-state index contributed by atoms with van der Waals surface area (Å²) in [5.41, 5.74) is 0.281. The Morgan fingerprint density at radius 3 is 2.36 bits per heavy atom. The van der Waals surface area contributed by atoms with Crippen LogP contribution in [-0.4, -0.2) is 32.8 Å². The first-order valence-electron chi connectivity index (χ1n) is 8.66. The topological polar surface area (TPSA) is 61.8 Å². The third-order valence-electron chi connectivity index (χ3n) is 4.73. The number of hydrogen-bond donors (Lipinski definition) is 0. The van der Waals surface area contributed by atoms with Crippen molar-refractivity contribution in [1.82, 2.24) is 0 Å². The van der Waals surface area contributed by atoms with Crippen molar-refractivity contribution in [2.24, 2.45) is 5.41 Å². The van der Waals surface area contributed by atoms with E-state index in [-0.39, 0.29) is 12.5 Å². The van der Waals surface area contributed by atoms with Gasteiger partial charge >= 0.3 is 11.9 Å². The second-order valence-electron chi connectivity index (χ2n) is 6.35. The zero-order chi connectivity index (χ0) is 20.1. The Labute approximate surface area is 168 Å². The van der Waals surface area contributed by atoms with Crippen molar-refractivity contribution in [2.75, 3.05) is 20.8 Å². The molecular formula is C22H19ClO5. The third-order valence-corrected chi connectivity index (χ3v) is 4.98. The SMILES string of the molecule is COC(=O)C1(C(=O)OC)CC1c1ccccc1OCC#Cc1ccc(Cl)cc1. The Kier molecular flexibility index (Phi) is 5.91. The van der Waals surface area contributed by atoms with E-state index in [2.05, 4.69) is 11.8 Å². The molecule has 1 aliphatic rings. The molecule has 1 saturated carbocycles. The van der Waals surface area contributed by atoms with E-state index in [0.29, 0.717) is 17.2 Å². The van der Waals surface area contributed by atoms with Crippen molar-refractivity contribution in [3.05, 3.63) is 64.7 Å². The Hall–Kier alpha value is -2.97. The maximum Gasteiger partial charge on any atom is 0.323 e. The second-order valence-corrected chi connectivity index (χ2v) is 6.78. The Balaban J connectivity index is 1.75. The summed E-state index contributed by atoms with van der Waals surface area (Å²) < 4.78 is 15.5. The first-order chi connectivity index (χ1) is 13.5. The van der Waals surface area contributed by atoms with Gasteiger partial charge in [0.25, 0.3) is 0 Å². The highest BCUT2D eigenvalue weighted by Crippen LogP contribution is 2.62. The number of hydrogen-bond acceptors (Lipinski definition) is 5. The van der Waals surface area contributed by atoms with E-state index in [0.717, 1.165) is 11.1 Å². The molecule has 144 valence electrons. The van der Waals surface area contributed by atoms with Crippen LogP contribution in [0.3, 0.4) is 0 Å². The summed E-state index contributed by atoms with van der Waals surface area (Å²) in [6, 6.07) is 14.5. The monoisotopic (exact) mass is 398 g/mol. The van der Waals surface area contributed by atoms with Crippen LogP contribution in [0, 0.1) is 17.3 Å². The zero-order valence-corrected chi connectivity index (χ0v) is 16.3. The van der Waals surface area contributed by atoms with Crippen LogP contribution in [0.4, 0.5) is 0 Å². The molecule has 0 radical (unpaired) electrons. The van der Waals surface area contributed by atoms with Gasteiger partial charge in [-0.15, -0.1) is 0 Å². The van der Waals surface area contributed by atoms with Gasteiger partial charge in [-0.2, -0.15) is 0 Å². The molecule has 1 aliphatic carbocycles. The number of rotatable bonds is 5. The lowest BCUT2D eigenvalue weighted by atomic mass is 9.98. The Bertz CT molecular complexity index is 923. The van der Waals surface area contributed by atoms with Gasteiger partial charge in [-0.25, -0.2) is 0 Å². The van der Waals surface area contributed by atoms with E-state index >= 15 is 0 Å². The summed E-state index contributed by atoms with van der Waals surface area (Å²) in [4.78, 5) is 24.5. The van der Waals surface area contributed by atoms with E-state index in [1.165, 1.54) is 14.2 Å². The first-order valence-corrected chi connectivity index (χ1v) is 9.03. The Morgan fingerprint density at radius 2 is 1.71 bits per heavy atom. The van der Waals surface area contributed by atoms with E-state index in [1.54, 1.807) is 18.2 Å². The fourth-order valence-electron chi connectivity index (χ4n) is 3.22. The van der Waals surface area contributed by atoms with Crippen LogP contribution in [0.25, 0.3) is 0 Å². The van der Waals surface area contributed by atoms with Crippen molar-refractivity contribution < 1.29 is 23.8 Å². The molecule has 0 bridgehead atoms. The number of esters is 2. The van der Waals surface area contributed by atoms with Gasteiger partial charge in [0.05, 0.1) is 14.2 Å². The summed E-state index contributed by atoms with van der Waals surface area (Å²) in [6.07, 6.45) is 0.323. The average Bonchev–Trinajstić information content (AvgIpc) is 3.48. The molecule has 0 saturated heterocycles. The van der Waals surface area contributed by atoms with E-state index < -0.39 is 17.4 Å². The van der Waals surface area contributed by atoms with E-state index in [9.17, 15) is 9.59 Å².